The summed E-state index contributed by atoms with van der Waals surface area (Å²) in [5, 5.41) is 17.9. The van der Waals surface area contributed by atoms with E-state index in [2.05, 4.69) is 31.4 Å². The van der Waals surface area contributed by atoms with Crippen LogP contribution in [0.15, 0.2) is 0 Å². The first kappa shape index (κ1) is 22.9. The minimum Gasteiger partial charge on any atom is -0.480 e. The molecule has 0 radical (unpaired) electrons. The molecule has 0 amide bonds. The molecule has 0 aromatic carbocycles. The number of hydrogen-bond acceptors (Lipinski definition) is 6. The molecule has 2 fully saturated rings. The van der Waals surface area contributed by atoms with Crippen molar-refractivity contribution in [3.05, 3.63) is 0 Å². The molecule has 1 atom stereocenters. The molecular formula is C11H21Cl2NO6S. The Kier molecular flexibility index (Phi) is 15.8. The number of aliphatic hydroxyl groups excluding tert-OH is 1. The maximum absolute atomic E-state index is 10.6. The third-order valence-corrected chi connectivity index (χ3v) is 2.76. The molecule has 21 heavy (non-hydrogen) atoms. The number of ether oxygens (including phenoxy) is 1. The molecule has 10 heteroatoms. The largest absolute Gasteiger partial charge is 0.480 e. The Hall–Kier alpha value is -0.410. The van der Waals surface area contributed by atoms with Crippen LogP contribution in [0.2, 0.25) is 0 Å². The zero-order valence-electron chi connectivity index (χ0n) is 11.9. The number of carboxylic acid groups (broad SMARTS) is 1. The summed E-state index contributed by atoms with van der Waals surface area (Å²) < 4.78 is 13.6. The minimum absolute atomic E-state index is 0.0312. The van der Waals surface area contributed by atoms with Gasteiger partial charge in [-0.15, -0.1) is 0 Å². The van der Waals surface area contributed by atoms with Gasteiger partial charge in [0.1, 0.15) is 6.04 Å². The number of rotatable bonds is 2. The standard InChI is InChI=1S/C6H10O2.C4H7NO2.CH4O.Cl2OS/c1-8-6(7)5-3-2-4-5;6-4(7)3-1-2-5-3;1-2;1-4(2)3/h5H,2-4H2,1H3;3,5H,1-2H2,(H,6,7);2H,1H3;/t;3-;;/m.0../s1. The lowest BCUT2D eigenvalue weighted by Gasteiger charge is -2.22. The van der Waals surface area contributed by atoms with E-state index in [0.29, 0.717) is 0 Å². The van der Waals surface area contributed by atoms with Gasteiger partial charge < -0.3 is 20.3 Å². The molecular weight excluding hydrogens is 345 g/mol. The molecule has 0 unspecified atom stereocenters. The van der Waals surface area contributed by atoms with Crippen molar-refractivity contribution in [2.24, 2.45) is 5.92 Å². The number of carboxylic acids is 1. The molecule has 0 bridgehead atoms. The van der Waals surface area contributed by atoms with Crippen molar-refractivity contribution < 1.29 is 28.7 Å². The molecule has 0 aromatic rings. The van der Waals surface area contributed by atoms with E-state index in [1.54, 1.807) is 0 Å². The third kappa shape index (κ3) is 13.0. The number of nitrogens with one attached hydrogen (secondary N) is 1. The second-order valence-corrected chi connectivity index (χ2v) is 6.49. The number of carbonyl (C=O) groups is 2. The second-order valence-electron chi connectivity index (χ2n) is 3.97. The van der Waals surface area contributed by atoms with Gasteiger partial charge in [-0.05, 0) is 25.8 Å². The van der Waals surface area contributed by atoms with E-state index in [-0.39, 0.29) is 17.9 Å². The van der Waals surface area contributed by atoms with Crippen LogP contribution in [0.3, 0.4) is 0 Å². The number of carbonyl (C=O) groups excluding carboxylic acids is 1. The number of hydrogen-bond donors (Lipinski definition) is 3. The van der Waals surface area contributed by atoms with E-state index in [0.717, 1.165) is 32.9 Å². The fourth-order valence-electron chi connectivity index (χ4n) is 1.31. The quantitative estimate of drug-likeness (QED) is 0.494. The first-order valence-corrected chi connectivity index (χ1v) is 8.91. The molecule has 1 saturated heterocycles. The van der Waals surface area contributed by atoms with Crippen LogP contribution >= 0.6 is 21.4 Å². The lowest BCUT2D eigenvalue weighted by atomic mass is 9.86. The molecule has 1 aliphatic carbocycles. The summed E-state index contributed by atoms with van der Waals surface area (Å²) in [5.74, 6) is -0.525. The average molecular weight is 366 g/mol. The summed E-state index contributed by atoms with van der Waals surface area (Å²) >= 11 is 0. The molecule has 2 aliphatic rings. The maximum Gasteiger partial charge on any atom is 0.320 e. The van der Waals surface area contributed by atoms with Crippen LogP contribution in [-0.4, -0.2) is 53.2 Å². The van der Waals surface area contributed by atoms with Gasteiger partial charge in [0.15, 0.2) is 0 Å². The molecule has 7 nitrogen and oxygen atoms in total. The first-order chi connectivity index (χ1) is 9.88. The van der Waals surface area contributed by atoms with Crippen molar-refractivity contribution in [3.8, 4) is 0 Å². The Labute approximate surface area is 135 Å². The number of aliphatic hydroxyl groups is 1. The lowest BCUT2D eigenvalue weighted by molar-refractivity contribution is -0.148. The Bertz CT molecular complexity index is 320. The lowest BCUT2D eigenvalue weighted by Crippen LogP contribution is -2.48. The third-order valence-electron chi connectivity index (χ3n) is 2.76. The van der Waals surface area contributed by atoms with Crippen molar-refractivity contribution in [1.29, 1.82) is 0 Å². The van der Waals surface area contributed by atoms with Gasteiger partial charge in [-0.3, -0.25) is 9.59 Å². The van der Waals surface area contributed by atoms with Crippen LogP contribution in [0, 0.1) is 5.92 Å². The van der Waals surface area contributed by atoms with Crippen LogP contribution in [-0.2, 0) is 23.6 Å². The van der Waals surface area contributed by atoms with Gasteiger partial charge in [0.05, 0.1) is 13.0 Å². The van der Waals surface area contributed by atoms with Crippen LogP contribution in [0.5, 0.6) is 0 Å². The highest BCUT2D eigenvalue weighted by atomic mass is 36.0. The number of methoxy groups -OCH3 is 1. The fraction of sp³-hybridized carbons (Fsp3) is 0.818. The van der Waals surface area contributed by atoms with Crippen molar-refractivity contribution >= 4 is 42.5 Å². The smallest absolute Gasteiger partial charge is 0.320 e. The predicted molar refractivity (Wildman–Crippen MR) is 81.4 cm³/mol. The predicted octanol–water partition coefficient (Wildman–Crippen LogP) is 1.04. The topological polar surface area (TPSA) is 113 Å². The molecule has 1 saturated carbocycles. The van der Waals surface area contributed by atoms with Gasteiger partial charge in [0.2, 0.25) is 9.23 Å². The number of halogens is 2. The Balaban J connectivity index is 0. The number of esters is 1. The van der Waals surface area contributed by atoms with Gasteiger partial charge in [-0.25, -0.2) is 4.21 Å². The Morgan fingerprint density at radius 2 is 1.67 bits per heavy atom. The van der Waals surface area contributed by atoms with Crippen LogP contribution in [0.4, 0.5) is 0 Å². The monoisotopic (exact) mass is 365 g/mol. The summed E-state index contributed by atoms with van der Waals surface area (Å²) in [4.78, 5) is 20.5. The molecule has 1 heterocycles. The molecule has 0 aromatic heterocycles. The van der Waals surface area contributed by atoms with Crippen molar-refractivity contribution in [2.75, 3.05) is 20.8 Å². The average Bonchev–Trinajstić information content (AvgIpc) is 2.26. The van der Waals surface area contributed by atoms with Gasteiger partial charge >= 0.3 is 11.9 Å². The maximum atomic E-state index is 10.6. The molecule has 0 spiro atoms. The molecule has 3 N–H and O–H groups in total. The highest BCUT2D eigenvalue weighted by molar-refractivity contribution is 8.26. The summed E-state index contributed by atoms with van der Waals surface area (Å²) in [6.07, 6.45) is 4.05. The normalized spacial score (nSPS) is 19.0. The summed E-state index contributed by atoms with van der Waals surface area (Å²) in [6.45, 7) is 0.858. The molecule has 1 aliphatic heterocycles. The zero-order valence-corrected chi connectivity index (χ0v) is 14.2. The second kappa shape index (κ2) is 14.5. The van der Waals surface area contributed by atoms with E-state index in [4.69, 9.17) is 14.4 Å². The fourth-order valence-corrected chi connectivity index (χ4v) is 1.31. The van der Waals surface area contributed by atoms with Crippen LogP contribution in [0.1, 0.15) is 25.7 Å². The highest BCUT2D eigenvalue weighted by Gasteiger charge is 2.25. The summed E-state index contributed by atoms with van der Waals surface area (Å²) in [5.41, 5.74) is 0. The van der Waals surface area contributed by atoms with Crippen molar-refractivity contribution in [2.45, 2.75) is 31.7 Å². The Morgan fingerprint density at radius 1 is 1.24 bits per heavy atom. The van der Waals surface area contributed by atoms with E-state index in [1.165, 1.54) is 13.5 Å². The van der Waals surface area contributed by atoms with Gasteiger partial charge in [-0.1, -0.05) is 6.42 Å². The Morgan fingerprint density at radius 3 is 1.71 bits per heavy atom. The van der Waals surface area contributed by atoms with E-state index < -0.39 is 15.2 Å². The van der Waals surface area contributed by atoms with Crippen LogP contribution in [0.25, 0.3) is 0 Å². The number of aliphatic carboxylic acids is 1. The van der Waals surface area contributed by atoms with Crippen LogP contribution < -0.4 is 5.32 Å². The van der Waals surface area contributed by atoms with Crippen molar-refractivity contribution in [3.63, 3.8) is 0 Å². The summed E-state index contributed by atoms with van der Waals surface area (Å²) in [7, 11) is 9.80. The first-order valence-electron chi connectivity index (χ1n) is 6.11. The van der Waals surface area contributed by atoms with Gasteiger partial charge in [-0.2, -0.15) is 0 Å². The molecule has 126 valence electrons. The van der Waals surface area contributed by atoms with Crippen molar-refractivity contribution in [1.82, 2.24) is 5.32 Å². The summed E-state index contributed by atoms with van der Waals surface area (Å²) in [6, 6.07) is -0.250. The zero-order chi connectivity index (χ0) is 16.8. The minimum atomic E-state index is -1.67. The van der Waals surface area contributed by atoms with Gasteiger partial charge in [0, 0.05) is 28.5 Å². The molecule has 2 rings (SSSR count). The highest BCUT2D eigenvalue weighted by Crippen LogP contribution is 2.26. The van der Waals surface area contributed by atoms with E-state index in [1.807, 2.05) is 0 Å². The van der Waals surface area contributed by atoms with E-state index in [9.17, 15) is 9.59 Å². The SMILES string of the molecule is CO.COC(=O)C1CCC1.O=C(O)[C@@H]1CCN1.O=S(Cl)Cl. The van der Waals surface area contributed by atoms with E-state index >= 15 is 0 Å². The van der Waals surface area contributed by atoms with Gasteiger partial charge in [0.25, 0.3) is 0 Å².